The maximum Gasteiger partial charge on any atom is 0.408 e. The van der Waals surface area contributed by atoms with E-state index >= 15 is 0 Å². The highest BCUT2D eigenvalue weighted by atomic mass is 16.6. The van der Waals surface area contributed by atoms with Crippen LogP contribution in [0, 0.1) is 22.0 Å². The number of hydrogen-bond acceptors (Lipinski definition) is 5. The number of nitrogens with one attached hydrogen (secondary N) is 1. The summed E-state index contributed by atoms with van der Waals surface area (Å²) in [5.41, 5.74) is -1.55. The Hall–Kier alpha value is -3.08. The molecule has 0 radical (unpaired) electrons. The number of benzene rings is 1. The zero-order chi connectivity index (χ0) is 17.6. The summed E-state index contributed by atoms with van der Waals surface area (Å²) in [6.45, 7) is 4.96. The van der Waals surface area contributed by atoms with Crippen LogP contribution in [0.4, 0.5) is 10.5 Å². The summed E-state index contributed by atoms with van der Waals surface area (Å²) in [5, 5.41) is 22.4. The van der Waals surface area contributed by atoms with Gasteiger partial charge in [0.25, 0.3) is 5.69 Å². The van der Waals surface area contributed by atoms with Gasteiger partial charge in [0.05, 0.1) is 17.0 Å². The second kappa shape index (κ2) is 7.26. The number of aromatic carboxylic acids is 1. The highest BCUT2D eigenvalue weighted by Crippen LogP contribution is 2.21. The lowest BCUT2D eigenvalue weighted by molar-refractivity contribution is -0.385. The molecule has 8 heteroatoms. The van der Waals surface area contributed by atoms with Gasteiger partial charge in [-0.3, -0.25) is 10.1 Å². The molecule has 0 aliphatic rings. The molecule has 1 aromatic rings. The fraction of sp³-hybridized carbons (Fsp3) is 0.333. The van der Waals surface area contributed by atoms with Gasteiger partial charge >= 0.3 is 12.1 Å². The summed E-state index contributed by atoms with van der Waals surface area (Å²) in [6.07, 6.45) is -0.687. The molecule has 0 aromatic heterocycles. The van der Waals surface area contributed by atoms with Crippen LogP contribution in [0.25, 0.3) is 0 Å². The molecule has 1 rings (SSSR count). The third-order valence-electron chi connectivity index (χ3n) is 2.40. The van der Waals surface area contributed by atoms with Crippen LogP contribution in [0.5, 0.6) is 0 Å². The minimum Gasteiger partial charge on any atom is -0.478 e. The Morgan fingerprint density at radius 1 is 1.39 bits per heavy atom. The van der Waals surface area contributed by atoms with Crippen molar-refractivity contribution in [2.75, 3.05) is 6.54 Å². The van der Waals surface area contributed by atoms with Gasteiger partial charge in [-0.05, 0) is 26.8 Å². The number of ether oxygens (including phenoxy) is 1. The first-order valence-electron chi connectivity index (χ1n) is 6.58. The number of nitro benzene ring substituents is 1. The zero-order valence-electron chi connectivity index (χ0n) is 12.9. The lowest BCUT2D eigenvalue weighted by atomic mass is 10.1. The lowest BCUT2D eigenvalue weighted by Crippen LogP contribution is -2.32. The first kappa shape index (κ1) is 18.0. The average molecular weight is 320 g/mol. The third-order valence-corrected chi connectivity index (χ3v) is 2.40. The van der Waals surface area contributed by atoms with Gasteiger partial charge in [0.2, 0.25) is 0 Å². The molecule has 0 fully saturated rings. The van der Waals surface area contributed by atoms with Gasteiger partial charge in [0, 0.05) is 6.07 Å². The molecule has 0 spiro atoms. The Morgan fingerprint density at radius 2 is 2.04 bits per heavy atom. The Kier molecular flexibility index (Phi) is 5.68. The molecule has 122 valence electrons. The first-order valence-corrected chi connectivity index (χ1v) is 6.58. The van der Waals surface area contributed by atoms with E-state index in [1.165, 1.54) is 12.1 Å². The van der Waals surface area contributed by atoms with E-state index in [0.29, 0.717) is 0 Å². The number of carbonyl (C=O) groups is 2. The van der Waals surface area contributed by atoms with Crippen molar-refractivity contribution in [3.63, 3.8) is 0 Å². The number of carboxylic acid groups (broad SMARTS) is 1. The van der Waals surface area contributed by atoms with Gasteiger partial charge in [-0.1, -0.05) is 17.9 Å². The maximum absolute atomic E-state index is 11.4. The highest BCUT2D eigenvalue weighted by molar-refractivity contribution is 5.92. The molecule has 1 aromatic carbocycles. The van der Waals surface area contributed by atoms with E-state index in [0.717, 1.165) is 6.07 Å². The number of rotatable bonds is 3. The minimum atomic E-state index is -1.32. The summed E-state index contributed by atoms with van der Waals surface area (Å²) in [4.78, 5) is 32.8. The predicted molar refractivity (Wildman–Crippen MR) is 81.2 cm³/mol. The van der Waals surface area contributed by atoms with E-state index in [2.05, 4.69) is 17.2 Å². The van der Waals surface area contributed by atoms with Crippen molar-refractivity contribution >= 4 is 17.7 Å². The molecule has 0 heterocycles. The second-order valence-electron chi connectivity index (χ2n) is 5.42. The van der Waals surface area contributed by atoms with Crippen LogP contribution in [0.3, 0.4) is 0 Å². The van der Waals surface area contributed by atoms with Gasteiger partial charge < -0.3 is 15.2 Å². The number of carboxylic acids is 1. The van der Waals surface area contributed by atoms with Crippen LogP contribution < -0.4 is 5.32 Å². The topological polar surface area (TPSA) is 119 Å². The van der Waals surface area contributed by atoms with Gasteiger partial charge in [-0.25, -0.2) is 9.59 Å². The monoisotopic (exact) mass is 320 g/mol. The fourth-order valence-electron chi connectivity index (χ4n) is 1.56. The third kappa shape index (κ3) is 5.67. The van der Waals surface area contributed by atoms with Crippen LogP contribution in [0.2, 0.25) is 0 Å². The van der Waals surface area contributed by atoms with Gasteiger partial charge in [0.1, 0.15) is 11.2 Å². The molecule has 0 aliphatic carbocycles. The zero-order valence-corrected chi connectivity index (χ0v) is 12.9. The van der Waals surface area contributed by atoms with Crippen LogP contribution >= 0.6 is 0 Å². The summed E-state index contributed by atoms with van der Waals surface area (Å²) in [5.74, 6) is 3.58. The van der Waals surface area contributed by atoms with Gasteiger partial charge in [-0.15, -0.1) is 0 Å². The first-order chi connectivity index (χ1) is 10.6. The molecular formula is C15H16N2O6. The smallest absolute Gasteiger partial charge is 0.408 e. The predicted octanol–water partition coefficient (Wildman–Crippen LogP) is 2.17. The molecule has 0 atom stereocenters. The number of nitro groups is 1. The molecule has 0 saturated carbocycles. The number of alkyl carbamates (subject to hydrolysis) is 1. The fourth-order valence-corrected chi connectivity index (χ4v) is 1.56. The van der Waals surface area contributed by atoms with Crippen molar-refractivity contribution in [1.82, 2.24) is 5.32 Å². The lowest BCUT2D eigenvalue weighted by Gasteiger charge is -2.19. The average Bonchev–Trinajstić information content (AvgIpc) is 2.41. The van der Waals surface area contributed by atoms with E-state index in [1.807, 2.05) is 0 Å². The van der Waals surface area contributed by atoms with E-state index < -0.39 is 28.3 Å². The molecule has 0 aliphatic heterocycles. The van der Waals surface area contributed by atoms with Crippen LogP contribution in [0.15, 0.2) is 18.2 Å². The van der Waals surface area contributed by atoms with Crippen molar-refractivity contribution in [3.05, 3.63) is 39.4 Å². The minimum absolute atomic E-state index is 0.139. The van der Waals surface area contributed by atoms with Gasteiger partial charge in [-0.2, -0.15) is 0 Å². The van der Waals surface area contributed by atoms with E-state index in [4.69, 9.17) is 9.84 Å². The Balaban J connectivity index is 2.92. The second-order valence-corrected chi connectivity index (χ2v) is 5.42. The molecular weight excluding hydrogens is 304 g/mol. The number of carbonyl (C=O) groups excluding carboxylic acids is 1. The SMILES string of the molecule is CC(C)(C)OC(=O)NCC#Cc1c(C(=O)O)cccc1[N+](=O)[O-]. The van der Waals surface area contributed by atoms with E-state index in [9.17, 15) is 19.7 Å². The number of hydrogen-bond donors (Lipinski definition) is 2. The van der Waals surface area contributed by atoms with Crippen molar-refractivity contribution in [2.24, 2.45) is 0 Å². The summed E-state index contributed by atoms with van der Waals surface area (Å²) in [6, 6.07) is 3.66. The molecule has 1 amide bonds. The molecule has 0 bridgehead atoms. The Morgan fingerprint density at radius 3 is 2.57 bits per heavy atom. The molecule has 0 saturated heterocycles. The normalized spacial score (nSPS) is 10.2. The van der Waals surface area contributed by atoms with Crippen LogP contribution in [-0.2, 0) is 4.74 Å². The number of nitrogens with zero attached hydrogens (tertiary/aromatic N) is 1. The van der Waals surface area contributed by atoms with Crippen molar-refractivity contribution in [2.45, 2.75) is 26.4 Å². The highest BCUT2D eigenvalue weighted by Gasteiger charge is 2.19. The van der Waals surface area contributed by atoms with Crippen molar-refractivity contribution in [3.8, 4) is 11.8 Å². The Bertz CT molecular complexity index is 662. The van der Waals surface area contributed by atoms with Crippen LogP contribution in [0.1, 0.15) is 36.7 Å². The standard InChI is InChI=1S/C15H16N2O6/c1-15(2,3)23-14(20)16-9-5-7-10-11(13(18)19)6-4-8-12(10)17(21)22/h4,6,8H,9H2,1-3H3,(H,16,20)(H,18,19). The Labute approximate surface area is 132 Å². The molecule has 2 N–H and O–H groups in total. The summed E-state index contributed by atoms with van der Waals surface area (Å²) < 4.78 is 4.99. The molecule has 8 nitrogen and oxygen atoms in total. The summed E-state index contributed by atoms with van der Waals surface area (Å²) in [7, 11) is 0. The molecule has 0 unspecified atom stereocenters. The van der Waals surface area contributed by atoms with E-state index in [1.54, 1.807) is 20.8 Å². The van der Waals surface area contributed by atoms with Gasteiger partial charge in [0.15, 0.2) is 0 Å². The van der Waals surface area contributed by atoms with Crippen molar-refractivity contribution in [1.29, 1.82) is 0 Å². The largest absolute Gasteiger partial charge is 0.478 e. The van der Waals surface area contributed by atoms with E-state index in [-0.39, 0.29) is 17.7 Å². The quantitative estimate of drug-likeness (QED) is 0.500. The molecule has 23 heavy (non-hydrogen) atoms. The maximum atomic E-state index is 11.4. The summed E-state index contributed by atoms with van der Waals surface area (Å²) >= 11 is 0. The van der Waals surface area contributed by atoms with Crippen LogP contribution in [-0.4, -0.2) is 34.2 Å². The number of amides is 1. The van der Waals surface area contributed by atoms with Crippen molar-refractivity contribution < 1.29 is 24.4 Å².